The van der Waals surface area contributed by atoms with Crippen molar-refractivity contribution in [1.82, 2.24) is 4.90 Å². The molecule has 1 saturated carbocycles. The second kappa shape index (κ2) is 4.70. The zero-order valence-corrected chi connectivity index (χ0v) is 11.4. The lowest BCUT2D eigenvalue weighted by Crippen LogP contribution is -2.49. The van der Waals surface area contributed by atoms with Gasteiger partial charge in [-0.05, 0) is 39.5 Å². The number of aliphatic hydroxyl groups excluding tert-OH is 1. The SMILES string of the molecule is CC(C)(C)OC(=O)N1[C@@H]2CCC[C@@H]2[C@H](N)[C@@H]1CO. The number of hydrogen-bond acceptors (Lipinski definition) is 4. The van der Waals surface area contributed by atoms with Gasteiger partial charge in [-0.1, -0.05) is 6.42 Å². The van der Waals surface area contributed by atoms with E-state index in [1.807, 2.05) is 20.8 Å². The molecule has 1 heterocycles. The molecule has 3 N–H and O–H groups in total. The Morgan fingerprint density at radius 2 is 2.11 bits per heavy atom. The Kier molecular flexibility index (Phi) is 3.56. The van der Waals surface area contributed by atoms with Gasteiger partial charge in [0.25, 0.3) is 0 Å². The largest absolute Gasteiger partial charge is 0.444 e. The molecule has 1 amide bonds. The van der Waals surface area contributed by atoms with E-state index in [1.54, 1.807) is 4.90 Å². The van der Waals surface area contributed by atoms with Gasteiger partial charge in [0.1, 0.15) is 5.60 Å². The van der Waals surface area contributed by atoms with Crippen LogP contribution in [0.3, 0.4) is 0 Å². The van der Waals surface area contributed by atoms with Crippen LogP contribution in [-0.2, 0) is 4.74 Å². The van der Waals surface area contributed by atoms with Crippen LogP contribution in [0, 0.1) is 5.92 Å². The Hall–Kier alpha value is -0.810. The first kappa shape index (κ1) is 13.6. The third-order valence-electron chi connectivity index (χ3n) is 3.98. The highest BCUT2D eigenvalue weighted by Gasteiger charge is 2.51. The van der Waals surface area contributed by atoms with Crippen molar-refractivity contribution in [2.75, 3.05) is 6.61 Å². The number of nitrogens with zero attached hydrogens (tertiary/aromatic N) is 1. The fourth-order valence-corrected chi connectivity index (χ4v) is 3.28. The van der Waals surface area contributed by atoms with Crippen molar-refractivity contribution < 1.29 is 14.6 Å². The van der Waals surface area contributed by atoms with Crippen LogP contribution in [-0.4, -0.2) is 46.4 Å². The second-order valence-corrected chi connectivity index (χ2v) is 6.38. The van der Waals surface area contributed by atoms with Crippen molar-refractivity contribution in [3.8, 4) is 0 Å². The quantitative estimate of drug-likeness (QED) is 0.736. The van der Waals surface area contributed by atoms with Gasteiger partial charge < -0.3 is 15.6 Å². The summed E-state index contributed by atoms with van der Waals surface area (Å²) in [5, 5.41) is 9.48. The van der Waals surface area contributed by atoms with Gasteiger partial charge in [0.05, 0.1) is 12.6 Å². The van der Waals surface area contributed by atoms with Crippen LogP contribution in [0.5, 0.6) is 0 Å². The first-order valence-electron chi connectivity index (χ1n) is 6.73. The van der Waals surface area contributed by atoms with Gasteiger partial charge in [-0.25, -0.2) is 4.79 Å². The van der Waals surface area contributed by atoms with Crippen LogP contribution >= 0.6 is 0 Å². The molecule has 5 nitrogen and oxygen atoms in total. The highest BCUT2D eigenvalue weighted by atomic mass is 16.6. The lowest BCUT2D eigenvalue weighted by Gasteiger charge is -2.31. The maximum Gasteiger partial charge on any atom is 0.410 e. The summed E-state index contributed by atoms with van der Waals surface area (Å²) in [6, 6.07) is -0.280. The van der Waals surface area contributed by atoms with Crippen LogP contribution in [0.25, 0.3) is 0 Å². The van der Waals surface area contributed by atoms with Crippen LogP contribution in [0.1, 0.15) is 40.0 Å². The van der Waals surface area contributed by atoms with Crippen molar-refractivity contribution in [2.45, 2.75) is 63.8 Å². The minimum atomic E-state index is -0.516. The highest BCUT2D eigenvalue weighted by molar-refractivity contribution is 5.70. The number of ether oxygens (including phenoxy) is 1. The Labute approximate surface area is 108 Å². The predicted molar refractivity (Wildman–Crippen MR) is 68.1 cm³/mol. The molecule has 1 aliphatic carbocycles. The standard InChI is InChI=1S/C13H24N2O3/c1-13(2,3)18-12(17)15-9-6-4-5-8(9)11(14)10(15)7-16/h8-11,16H,4-7,14H2,1-3H3/t8-,9+,10-,11-/m0/s1. The highest BCUT2D eigenvalue weighted by Crippen LogP contribution is 2.41. The molecular formula is C13H24N2O3. The van der Waals surface area contributed by atoms with Gasteiger partial charge in [0, 0.05) is 12.1 Å². The number of nitrogens with two attached hydrogens (primary N) is 1. The molecule has 2 aliphatic rings. The fourth-order valence-electron chi connectivity index (χ4n) is 3.28. The van der Waals surface area contributed by atoms with E-state index in [-0.39, 0.29) is 30.8 Å². The number of hydrogen-bond donors (Lipinski definition) is 2. The molecule has 104 valence electrons. The number of aliphatic hydroxyl groups is 1. The van der Waals surface area contributed by atoms with Crippen molar-refractivity contribution in [1.29, 1.82) is 0 Å². The second-order valence-electron chi connectivity index (χ2n) is 6.38. The molecule has 0 aromatic rings. The van der Waals surface area contributed by atoms with E-state index in [4.69, 9.17) is 10.5 Å². The van der Waals surface area contributed by atoms with Gasteiger partial charge in [-0.15, -0.1) is 0 Å². The maximum absolute atomic E-state index is 12.3. The first-order valence-corrected chi connectivity index (χ1v) is 6.73. The number of amides is 1. The number of likely N-dealkylation sites (tertiary alicyclic amines) is 1. The van der Waals surface area contributed by atoms with Crippen LogP contribution < -0.4 is 5.73 Å². The number of carbonyl (C=O) groups excluding carboxylic acids is 1. The van der Waals surface area contributed by atoms with Crippen LogP contribution in [0.2, 0.25) is 0 Å². The Morgan fingerprint density at radius 3 is 2.67 bits per heavy atom. The summed E-state index contributed by atoms with van der Waals surface area (Å²) < 4.78 is 5.43. The molecular weight excluding hydrogens is 232 g/mol. The molecule has 1 saturated heterocycles. The van der Waals surface area contributed by atoms with Crippen molar-refractivity contribution in [3.05, 3.63) is 0 Å². The maximum atomic E-state index is 12.3. The molecule has 1 aliphatic heterocycles. The van der Waals surface area contributed by atoms with E-state index in [2.05, 4.69) is 0 Å². The Morgan fingerprint density at radius 1 is 1.44 bits per heavy atom. The van der Waals surface area contributed by atoms with E-state index in [0.717, 1.165) is 19.3 Å². The summed E-state index contributed by atoms with van der Waals surface area (Å²) in [7, 11) is 0. The molecule has 2 rings (SSSR count). The molecule has 0 aromatic carbocycles. The molecule has 4 atom stereocenters. The number of rotatable bonds is 1. The molecule has 18 heavy (non-hydrogen) atoms. The van der Waals surface area contributed by atoms with Crippen molar-refractivity contribution in [3.63, 3.8) is 0 Å². The monoisotopic (exact) mass is 256 g/mol. The van der Waals surface area contributed by atoms with Crippen LogP contribution in [0.15, 0.2) is 0 Å². The molecule has 0 unspecified atom stereocenters. The van der Waals surface area contributed by atoms with Gasteiger partial charge in [0.2, 0.25) is 0 Å². The van der Waals surface area contributed by atoms with Gasteiger partial charge in [-0.3, -0.25) is 4.90 Å². The van der Waals surface area contributed by atoms with Crippen molar-refractivity contribution >= 4 is 6.09 Å². The summed E-state index contributed by atoms with van der Waals surface area (Å²) in [4.78, 5) is 13.9. The predicted octanol–water partition coefficient (Wildman–Crippen LogP) is 1.09. The van der Waals surface area contributed by atoms with E-state index in [9.17, 15) is 9.90 Å². The smallest absolute Gasteiger partial charge is 0.410 e. The van der Waals surface area contributed by atoms with E-state index < -0.39 is 5.60 Å². The minimum absolute atomic E-state index is 0.0899. The lowest BCUT2D eigenvalue weighted by molar-refractivity contribution is 0.00765. The van der Waals surface area contributed by atoms with E-state index in [0.29, 0.717) is 5.92 Å². The summed E-state index contributed by atoms with van der Waals surface area (Å²) >= 11 is 0. The van der Waals surface area contributed by atoms with Gasteiger partial charge >= 0.3 is 6.09 Å². The molecule has 0 radical (unpaired) electrons. The van der Waals surface area contributed by atoms with Crippen molar-refractivity contribution in [2.24, 2.45) is 11.7 Å². The van der Waals surface area contributed by atoms with Crippen LogP contribution in [0.4, 0.5) is 4.79 Å². The minimum Gasteiger partial charge on any atom is -0.444 e. The average Bonchev–Trinajstić information content (AvgIpc) is 2.77. The number of fused-ring (bicyclic) bond motifs is 1. The van der Waals surface area contributed by atoms with Gasteiger partial charge in [-0.2, -0.15) is 0 Å². The lowest BCUT2D eigenvalue weighted by atomic mass is 9.97. The third kappa shape index (κ3) is 2.34. The summed E-state index contributed by atoms with van der Waals surface area (Å²) in [6.07, 6.45) is 2.77. The Bertz CT molecular complexity index is 325. The normalized spacial score (nSPS) is 35.7. The van der Waals surface area contributed by atoms with Gasteiger partial charge in [0.15, 0.2) is 0 Å². The molecule has 5 heteroatoms. The molecule has 0 aromatic heterocycles. The summed E-state index contributed by atoms with van der Waals surface area (Å²) in [5.41, 5.74) is 5.64. The molecule has 0 bridgehead atoms. The summed E-state index contributed by atoms with van der Waals surface area (Å²) in [6.45, 7) is 5.45. The van der Waals surface area contributed by atoms with E-state index in [1.165, 1.54) is 0 Å². The molecule has 0 spiro atoms. The zero-order chi connectivity index (χ0) is 13.5. The third-order valence-corrected chi connectivity index (χ3v) is 3.98. The summed E-state index contributed by atoms with van der Waals surface area (Å²) in [5.74, 6) is 0.315. The first-order chi connectivity index (χ1) is 8.35. The topological polar surface area (TPSA) is 75.8 Å². The Balaban J connectivity index is 2.16. The molecule has 2 fully saturated rings. The zero-order valence-electron chi connectivity index (χ0n) is 11.4. The average molecular weight is 256 g/mol. The number of carbonyl (C=O) groups is 1. The fraction of sp³-hybridized carbons (Fsp3) is 0.923. The van der Waals surface area contributed by atoms with E-state index >= 15 is 0 Å².